The Hall–Kier alpha value is -0.610. The zero-order chi connectivity index (χ0) is 13.0. The summed E-state index contributed by atoms with van der Waals surface area (Å²) in [5.74, 6) is -1.60. The number of halogens is 3. The van der Waals surface area contributed by atoms with E-state index < -0.39 is 17.7 Å². The van der Waals surface area contributed by atoms with Gasteiger partial charge in [-0.3, -0.25) is 4.79 Å². The molecular formula is C12H13BrClFO2. The van der Waals surface area contributed by atoms with Gasteiger partial charge in [0.15, 0.2) is 0 Å². The van der Waals surface area contributed by atoms with Crippen LogP contribution in [0.25, 0.3) is 0 Å². The Labute approximate surface area is 113 Å². The van der Waals surface area contributed by atoms with Crippen molar-refractivity contribution in [3.8, 4) is 0 Å². The minimum absolute atomic E-state index is 0.00903. The fraction of sp³-hybridized carbons (Fsp3) is 0.417. The SMILES string of the molecule is CCOC(=O)C(CC)c1ccc(Br)c(Cl)c1F. The van der Waals surface area contributed by atoms with Crippen LogP contribution < -0.4 is 0 Å². The molecule has 0 fully saturated rings. The van der Waals surface area contributed by atoms with E-state index in [1.165, 1.54) is 0 Å². The van der Waals surface area contributed by atoms with Crippen LogP contribution in [-0.2, 0) is 9.53 Å². The van der Waals surface area contributed by atoms with Crippen LogP contribution in [0, 0.1) is 5.82 Å². The average molecular weight is 324 g/mol. The molecule has 17 heavy (non-hydrogen) atoms. The third kappa shape index (κ3) is 3.19. The molecule has 0 bridgehead atoms. The number of carbonyl (C=O) groups excluding carboxylic acids is 1. The summed E-state index contributed by atoms with van der Waals surface area (Å²) in [6, 6.07) is 3.18. The van der Waals surface area contributed by atoms with E-state index in [0.29, 0.717) is 10.9 Å². The van der Waals surface area contributed by atoms with Crippen LogP contribution in [0.2, 0.25) is 5.02 Å². The summed E-state index contributed by atoms with van der Waals surface area (Å²) in [4.78, 5) is 11.7. The molecule has 1 atom stereocenters. The van der Waals surface area contributed by atoms with Crippen LogP contribution in [0.1, 0.15) is 31.7 Å². The molecule has 0 spiro atoms. The molecule has 0 amide bonds. The van der Waals surface area contributed by atoms with Gasteiger partial charge in [0.25, 0.3) is 0 Å². The molecule has 0 aromatic heterocycles. The van der Waals surface area contributed by atoms with Crippen LogP contribution in [0.5, 0.6) is 0 Å². The molecule has 1 aromatic carbocycles. The van der Waals surface area contributed by atoms with Crippen molar-refractivity contribution in [3.05, 3.63) is 33.0 Å². The van der Waals surface area contributed by atoms with Crippen molar-refractivity contribution in [2.24, 2.45) is 0 Å². The lowest BCUT2D eigenvalue weighted by Gasteiger charge is -2.15. The van der Waals surface area contributed by atoms with Gasteiger partial charge in [-0.1, -0.05) is 24.6 Å². The van der Waals surface area contributed by atoms with Crippen molar-refractivity contribution in [2.45, 2.75) is 26.2 Å². The number of benzene rings is 1. The highest BCUT2D eigenvalue weighted by Crippen LogP contribution is 2.32. The Balaban J connectivity index is 3.13. The largest absolute Gasteiger partial charge is 0.466 e. The Morgan fingerprint density at radius 2 is 2.18 bits per heavy atom. The van der Waals surface area contributed by atoms with Crippen LogP contribution >= 0.6 is 27.5 Å². The predicted molar refractivity (Wildman–Crippen MR) is 68.8 cm³/mol. The maximum absolute atomic E-state index is 13.9. The van der Waals surface area contributed by atoms with E-state index in [4.69, 9.17) is 16.3 Å². The van der Waals surface area contributed by atoms with Gasteiger partial charge in [0, 0.05) is 10.0 Å². The molecule has 5 heteroatoms. The maximum Gasteiger partial charge on any atom is 0.313 e. The molecular weight excluding hydrogens is 310 g/mol. The molecule has 0 N–H and O–H groups in total. The summed E-state index contributed by atoms with van der Waals surface area (Å²) in [7, 11) is 0. The fourth-order valence-electron chi connectivity index (χ4n) is 1.57. The Bertz CT molecular complexity index is 423. The second kappa shape index (κ2) is 6.36. The lowest BCUT2D eigenvalue weighted by atomic mass is 9.96. The van der Waals surface area contributed by atoms with Gasteiger partial charge in [-0.15, -0.1) is 0 Å². The molecule has 2 nitrogen and oxygen atoms in total. The number of ether oxygens (including phenoxy) is 1. The highest BCUT2D eigenvalue weighted by Gasteiger charge is 2.25. The summed E-state index contributed by atoms with van der Waals surface area (Å²) in [5, 5.41) is -0.00903. The highest BCUT2D eigenvalue weighted by atomic mass is 79.9. The minimum atomic E-state index is -0.611. The smallest absolute Gasteiger partial charge is 0.313 e. The van der Waals surface area contributed by atoms with E-state index in [-0.39, 0.29) is 17.2 Å². The quantitative estimate of drug-likeness (QED) is 0.610. The molecule has 0 aliphatic carbocycles. The Kier molecular flexibility index (Phi) is 5.40. The Morgan fingerprint density at radius 3 is 2.71 bits per heavy atom. The van der Waals surface area contributed by atoms with E-state index in [1.54, 1.807) is 26.0 Å². The van der Waals surface area contributed by atoms with Crippen molar-refractivity contribution >= 4 is 33.5 Å². The van der Waals surface area contributed by atoms with Gasteiger partial charge in [0.2, 0.25) is 0 Å². The van der Waals surface area contributed by atoms with Crippen LogP contribution in [0.3, 0.4) is 0 Å². The van der Waals surface area contributed by atoms with Crippen molar-refractivity contribution in [1.82, 2.24) is 0 Å². The van der Waals surface area contributed by atoms with Gasteiger partial charge in [0.1, 0.15) is 5.82 Å². The summed E-state index contributed by atoms with van der Waals surface area (Å²) in [5.41, 5.74) is 0.277. The normalized spacial score (nSPS) is 12.3. The first-order chi connectivity index (χ1) is 8.02. The monoisotopic (exact) mass is 322 g/mol. The average Bonchev–Trinajstić information content (AvgIpc) is 2.30. The zero-order valence-electron chi connectivity index (χ0n) is 9.60. The lowest BCUT2D eigenvalue weighted by Crippen LogP contribution is -2.16. The van der Waals surface area contributed by atoms with Gasteiger partial charge in [-0.2, -0.15) is 0 Å². The maximum atomic E-state index is 13.9. The summed E-state index contributed by atoms with van der Waals surface area (Å²) >= 11 is 8.92. The summed E-state index contributed by atoms with van der Waals surface area (Å²) < 4.78 is 19.3. The predicted octanol–water partition coefficient (Wildman–Crippen LogP) is 4.30. The van der Waals surface area contributed by atoms with Crippen molar-refractivity contribution in [2.75, 3.05) is 6.61 Å². The number of hydrogen-bond donors (Lipinski definition) is 0. The molecule has 0 radical (unpaired) electrons. The number of rotatable bonds is 4. The fourth-order valence-corrected chi connectivity index (χ4v) is 2.04. The zero-order valence-corrected chi connectivity index (χ0v) is 11.9. The first-order valence-electron chi connectivity index (χ1n) is 5.32. The van der Waals surface area contributed by atoms with Gasteiger partial charge in [0.05, 0.1) is 17.5 Å². The first-order valence-corrected chi connectivity index (χ1v) is 6.50. The molecule has 0 aliphatic rings. The van der Waals surface area contributed by atoms with Crippen molar-refractivity contribution in [1.29, 1.82) is 0 Å². The van der Waals surface area contributed by atoms with E-state index in [0.717, 1.165) is 0 Å². The van der Waals surface area contributed by atoms with Gasteiger partial charge >= 0.3 is 5.97 Å². The molecule has 0 saturated heterocycles. The molecule has 1 unspecified atom stereocenters. The number of esters is 1. The molecule has 1 aromatic rings. The van der Waals surface area contributed by atoms with E-state index in [2.05, 4.69) is 15.9 Å². The van der Waals surface area contributed by atoms with Crippen LogP contribution in [0.15, 0.2) is 16.6 Å². The van der Waals surface area contributed by atoms with Gasteiger partial charge < -0.3 is 4.74 Å². The molecule has 1 rings (SSSR count). The van der Waals surface area contributed by atoms with Crippen LogP contribution in [-0.4, -0.2) is 12.6 Å². The number of hydrogen-bond acceptors (Lipinski definition) is 2. The van der Waals surface area contributed by atoms with Gasteiger partial charge in [-0.25, -0.2) is 4.39 Å². The third-order valence-electron chi connectivity index (χ3n) is 2.42. The third-order valence-corrected chi connectivity index (χ3v) is 3.68. The topological polar surface area (TPSA) is 26.3 Å². The first kappa shape index (κ1) is 14.5. The summed E-state index contributed by atoms with van der Waals surface area (Å²) in [6.07, 6.45) is 0.466. The van der Waals surface area contributed by atoms with Crippen molar-refractivity contribution < 1.29 is 13.9 Å². The van der Waals surface area contributed by atoms with Crippen LogP contribution in [0.4, 0.5) is 4.39 Å². The minimum Gasteiger partial charge on any atom is -0.466 e. The molecule has 0 aliphatic heterocycles. The number of carbonyl (C=O) groups is 1. The second-order valence-electron chi connectivity index (χ2n) is 3.48. The van der Waals surface area contributed by atoms with E-state index in [1.807, 2.05) is 0 Å². The van der Waals surface area contributed by atoms with Gasteiger partial charge in [-0.05, 0) is 35.3 Å². The summed E-state index contributed by atoms with van der Waals surface area (Å²) in [6.45, 7) is 3.80. The standard InChI is InChI=1S/C12H13BrClFO2/c1-3-7(12(16)17-4-2)8-5-6-9(13)10(14)11(8)15/h5-7H,3-4H2,1-2H3. The Morgan fingerprint density at radius 1 is 1.53 bits per heavy atom. The highest BCUT2D eigenvalue weighted by molar-refractivity contribution is 9.10. The van der Waals surface area contributed by atoms with E-state index in [9.17, 15) is 9.18 Å². The lowest BCUT2D eigenvalue weighted by molar-refractivity contribution is -0.145. The molecule has 0 saturated carbocycles. The second-order valence-corrected chi connectivity index (χ2v) is 4.71. The van der Waals surface area contributed by atoms with Crippen molar-refractivity contribution in [3.63, 3.8) is 0 Å². The van der Waals surface area contributed by atoms with E-state index >= 15 is 0 Å². The molecule has 0 heterocycles. The molecule has 94 valence electrons.